The van der Waals surface area contributed by atoms with E-state index in [0.29, 0.717) is 0 Å². The van der Waals surface area contributed by atoms with E-state index in [-0.39, 0.29) is 20.4 Å². The molecule has 1 aromatic heterocycles. The number of fused-ring (bicyclic) bond motifs is 1. The van der Waals surface area contributed by atoms with E-state index in [1.54, 1.807) is 3.40 Å². The molecule has 0 nitrogen and oxygen atoms in total. The van der Waals surface area contributed by atoms with E-state index in [1.807, 2.05) is 0 Å². The van der Waals surface area contributed by atoms with Crippen molar-refractivity contribution in [3.63, 3.8) is 0 Å². The third-order valence-corrected chi connectivity index (χ3v) is 3.92. The van der Waals surface area contributed by atoms with Crippen LogP contribution in [-0.4, -0.2) is 20.4 Å². The fraction of sp³-hybridized carbons (Fsp3) is 0. The Morgan fingerprint density at radius 3 is 2.78 bits per heavy atom. The van der Waals surface area contributed by atoms with Crippen molar-refractivity contribution < 1.29 is 0 Å². The molecule has 0 aliphatic carbocycles. The molecule has 1 aromatic carbocycles. The van der Waals surface area contributed by atoms with Gasteiger partial charge < -0.3 is 0 Å². The van der Waals surface area contributed by atoms with Gasteiger partial charge in [0.25, 0.3) is 0 Å². The second-order valence-corrected chi connectivity index (χ2v) is 4.66. The van der Waals surface area contributed by atoms with Crippen LogP contribution in [0.4, 0.5) is 0 Å². The van der Waals surface area contributed by atoms with E-state index >= 15 is 0 Å². The molecule has 2 aromatic rings. The maximum atomic E-state index is 2.33. The summed E-state index contributed by atoms with van der Waals surface area (Å²) in [6.45, 7) is 0. The molecule has 0 aliphatic heterocycles. The zero-order valence-corrected chi connectivity index (χ0v) is 7.20. The monoisotopic (exact) mass is 232 g/mol. The molecular formula is C8H6Te. The Kier molecular flexibility index (Phi) is 1.33. The summed E-state index contributed by atoms with van der Waals surface area (Å²) in [6, 6.07) is 10.9. The molecule has 0 N–H and O–H groups in total. The summed E-state index contributed by atoms with van der Waals surface area (Å²) in [6.07, 6.45) is 0. The van der Waals surface area contributed by atoms with Crippen molar-refractivity contribution in [2.75, 3.05) is 0 Å². The fourth-order valence-corrected chi connectivity index (χ4v) is 3.16. The van der Waals surface area contributed by atoms with Crippen molar-refractivity contribution in [2.45, 2.75) is 0 Å². The van der Waals surface area contributed by atoms with Gasteiger partial charge in [0.1, 0.15) is 0 Å². The first-order chi connectivity index (χ1) is 4.47. The molecule has 0 aliphatic rings. The van der Waals surface area contributed by atoms with Gasteiger partial charge in [-0.25, -0.2) is 0 Å². The molecule has 0 fully saturated rings. The zero-order valence-electron chi connectivity index (χ0n) is 4.87. The van der Waals surface area contributed by atoms with Gasteiger partial charge in [-0.1, -0.05) is 0 Å². The molecule has 0 radical (unpaired) electrons. The van der Waals surface area contributed by atoms with Gasteiger partial charge in [0, 0.05) is 0 Å². The molecule has 0 atom stereocenters. The van der Waals surface area contributed by atoms with Crippen molar-refractivity contribution in [3.05, 3.63) is 34.4 Å². The van der Waals surface area contributed by atoms with Crippen LogP contribution in [0.2, 0.25) is 0 Å². The van der Waals surface area contributed by atoms with Crippen LogP contribution in [0.3, 0.4) is 0 Å². The standard InChI is InChI=1S/C8H6Te/c1-2-4-8-7(3-1)5-6-9-8/h1-6H. The number of benzene rings is 1. The molecule has 0 amide bonds. The van der Waals surface area contributed by atoms with Gasteiger partial charge in [0.05, 0.1) is 0 Å². The summed E-state index contributed by atoms with van der Waals surface area (Å²) in [4.78, 5) is 0. The molecule has 0 saturated carbocycles. The predicted molar refractivity (Wildman–Crippen MR) is 40.9 cm³/mol. The molecule has 9 heavy (non-hydrogen) atoms. The molecule has 0 spiro atoms. The van der Waals surface area contributed by atoms with Gasteiger partial charge in [-0.3, -0.25) is 0 Å². The summed E-state index contributed by atoms with van der Waals surface area (Å²) in [5, 5.41) is 1.44. The Balaban J connectivity index is 2.95. The van der Waals surface area contributed by atoms with Crippen molar-refractivity contribution in [1.29, 1.82) is 0 Å². The Hall–Kier alpha value is -0.250. The first-order valence-corrected chi connectivity index (χ1v) is 5.40. The van der Waals surface area contributed by atoms with Crippen molar-refractivity contribution in [2.24, 2.45) is 0 Å². The second kappa shape index (κ2) is 2.17. The van der Waals surface area contributed by atoms with Crippen molar-refractivity contribution >= 4 is 29.2 Å². The average molecular weight is 230 g/mol. The maximum absolute atomic E-state index is 2.33. The molecule has 0 saturated heterocycles. The summed E-state index contributed by atoms with van der Waals surface area (Å²) >= 11 is 0.0821. The first-order valence-electron chi connectivity index (χ1n) is 2.89. The normalized spacial score (nSPS) is 10.2. The van der Waals surface area contributed by atoms with Crippen molar-refractivity contribution in [1.82, 2.24) is 0 Å². The van der Waals surface area contributed by atoms with Crippen LogP contribution in [0.1, 0.15) is 0 Å². The molecule has 44 valence electrons. The zero-order chi connectivity index (χ0) is 6.10. The molecule has 1 heteroatoms. The van der Waals surface area contributed by atoms with Crippen LogP contribution in [0.5, 0.6) is 0 Å². The topological polar surface area (TPSA) is 0 Å². The predicted octanol–water partition coefficient (Wildman–Crippen LogP) is 1.90. The Morgan fingerprint density at radius 1 is 1.00 bits per heavy atom. The number of hydrogen-bond donors (Lipinski definition) is 0. The van der Waals surface area contributed by atoms with Crippen LogP contribution in [0.25, 0.3) is 8.79 Å². The van der Waals surface area contributed by atoms with Crippen molar-refractivity contribution in [3.8, 4) is 0 Å². The summed E-state index contributed by atoms with van der Waals surface area (Å²) in [5.74, 6) is 0. The van der Waals surface area contributed by atoms with E-state index in [1.165, 1.54) is 5.39 Å². The minimum absolute atomic E-state index is 0.0821. The fourth-order valence-electron chi connectivity index (χ4n) is 0.906. The Labute approximate surface area is 63.7 Å². The van der Waals surface area contributed by atoms with Gasteiger partial charge >= 0.3 is 63.6 Å². The summed E-state index contributed by atoms with van der Waals surface area (Å²) in [7, 11) is 0. The Bertz CT molecular complexity index is 279. The van der Waals surface area contributed by atoms with E-state index in [9.17, 15) is 0 Å². The van der Waals surface area contributed by atoms with E-state index in [0.717, 1.165) is 0 Å². The minimum atomic E-state index is 0.0821. The molecule has 2 rings (SSSR count). The van der Waals surface area contributed by atoms with Gasteiger partial charge in [-0.05, 0) is 0 Å². The first kappa shape index (κ1) is 5.53. The second-order valence-electron chi connectivity index (χ2n) is 1.96. The third kappa shape index (κ3) is 0.913. The van der Waals surface area contributed by atoms with Crippen LogP contribution >= 0.6 is 0 Å². The molecule has 1 heterocycles. The SMILES string of the molecule is c1ccc2[te]ccc2c1. The van der Waals surface area contributed by atoms with Crippen LogP contribution in [0, 0.1) is 0 Å². The van der Waals surface area contributed by atoms with Crippen LogP contribution < -0.4 is 0 Å². The third-order valence-electron chi connectivity index (χ3n) is 1.36. The molecule has 0 bridgehead atoms. The van der Waals surface area contributed by atoms with Gasteiger partial charge in [0.15, 0.2) is 0 Å². The quantitative estimate of drug-likeness (QED) is 0.606. The van der Waals surface area contributed by atoms with Gasteiger partial charge in [-0.15, -0.1) is 0 Å². The van der Waals surface area contributed by atoms with E-state index in [2.05, 4.69) is 34.4 Å². The van der Waals surface area contributed by atoms with E-state index < -0.39 is 0 Å². The van der Waals surface area contributed by atoms with Gasteiger partial charge in [-0.2, -0.15) is 0 Å². The summed E-state index contributed by atoms with van der Waals surface area (Å²) < 4.78 is 3.92. The average Bonchev–Trinajstić information content (AvgIpc) is 2.33. The van der Waals surface area contributed by atoms with Gasteiger partial charge in [0.2, 0.25) is 0 Å². The molecule has 0 unspecified atom stereocenters. The van der Waals surface area contributed by atoms with Crippen LogP contribution in [0.15, 0.2) is 34.4 Å². The van der Waals surface area contributed by atoms with Crippen LogP contribution in [-0.2, 0) is 0 Å². The summed E-state index contributed by atoms with van der Waals surface area (Å²) in [5.41, 5.74) is 0. The number of hydrogen-bond acceptors (Lipinski definition) is 0. The Morgan fingerprint density at radius 2 is 1.89 bits per heavy atom. The van der Waals surface area contributed by atoms with E-state index in [4.69, 9.17) is 0 Å². The molecular weight excluding hydrogens is 224 g/mol. The number of rotatable bonds is 0.